The van der Waals surface area contributed by atoms with Gasteiger partial charge in [-0.25, -0.2) is 0 Å². The van der Waals surface area contributed by atoms with Crippen LogP contribution in [0.5, 0.6) is 0 Å². The molecule has 0 aliphatic carbocycles. The van der Waals surface area contributed by atoms with Gasteiger partial charge in [0.25, 0.3) is 0 Å². The van der Waals surface area contributed by atoms with Gasteiger partial charge in [-0.3, -0.25) is 0 Å². The van der Waals surface area contributed by atoms with Crippen molar-refractivity contribution in [1.29, 1.82) is 0 Å². The van der Waals surface area contributed by atoms with E-state index in [-0.39, 0.29) is 0 Å². The number of hydrogen-bond acceptors (Lipinski definition) is 15. The smallest absolute Gasteiger partial charge is 0.187 e. The van der Waals surface area contributed by atoms with Gasteiger partial charge in [0.1, 0.15) is 67.1 Å². The van der Waals surface area contributed by atoms with E-state index in [4.69, 9.17) is 23.7 Å². The predicted octanol–water partition coefficient (Wildman–Crippen LogP) is -6.55. The Morgan fingerprint density at radius 2 is 1.03 bits per heavy atom. The van der Waals surface area contributed by atoms with Gasteiger partial charge in [0.2, 0.25) is 0 Å². The summed E-state index contributed by atoms with van der Waals surface area (Å²) >= 11 is 0. The monoisotopic (exact) mass is 488 g/mol. The van der Waals surface area contributed by atoms with Gasteiger partial charge in [-0.1, -0.05) is 0 Å². The average Bonchev–Trinajstić information content (AvgIpc) is 2.79. The third-order valence-electron chi connectivity index (χ3n) is 6.06. The van der Waals surface area contributed by atoms with E-state index in [0.29, 0.717) is 0 Å². The largest absolute Gasteiger partial charge is 0.394 e. The second-order valence-corrected chi connectivity index (χ2v) is 8.32. The summed E-state index contributed by atoms with van der Waals surface area (Å²) in [4.78, 5) is 0. The summed E-state index contributed by atoms with van der Waals surface area (Å²) < 4.78 is 26.7. The van der Waals surface area contributed by atoms with E-state index in [1.807, 2.05) is 0 Å². The highest BCUT2D eigenvalue weighted by molar-refractivity contribution is 4.96. The lowest BCUT2D eigenvalue weighted by molar-refractivity contribution is -0.386. The first-order valence-electron chi connectivity index (χ1n) is 10.4. The summed E-state index contributed by atoms with van der Waals surface area (Å²) in [6, 6.07) is 0. The topological polar surface area (TPSA) is 248 Å². The molecule has 15 heteroatoms. The Hall–Kier alpha value is -0.600. The van der Waals surface area contributed by atoms with Crippen LogP contribution in [0.15, 0.2) is 0 Å². The van der Waals surface area contributed by atoms with Gasteiger partial charge in [-0.05, 0) is 6.92 Å². The van der Waals surface area contributed by atoms with Gasteiger partial charge >= 0.3 is 0 Å². The van der Waals surface area contributed by atoms with Gasteiger partial charge in [0.15, 0.2) is 18.9 Å². The molecule has 0 saturated carbocycles. The fraction of sp³-hybridized carbons (Fsp3) is 1.00. The fourth-order valence-electron chi connectivity index (χ4n) is 3.97. The normalized spacial score (nSPS) is 53.7. The van der Waals surface area contributed by atoms with Crippen molar-refractivity contribution >= 4 is 0 Å². The van der Waals surface area contributed by atoms with E-state index in [1.165, 1.54) is 6.92 Å². The maximum absolute atomic E-state index is 10.6. The number of hydrogen-bond donors (Lipinski definition) is 10. The average molecular weight is 488 g/mol. The molecule has 3 aliphatic heterocycles. The van der Waals surface area contributed by atoms with E-state index >= 15 is 0 Å². The third-order valence-corrected chi connectivity index (χ3v) is 6.06. The molecule has 0 aromatic heterocycles. The number of aliphatic hydroxyl groups excluding tert-OH is 10. The van der Waals surface area contributed by atoms with E-state index < -0.39 is 105 Å². The lowest BCUT2D eigenvalue weighted by Gasteiger charge is -2.48. The fourth-order valence-corrected chi connectivity index (χ4v) is 3.97. The summed E-state index contributed by atoms with van der Waals surface area (Å²) in [6.45, 7) is -0.115. The van der Waals surface area contributed by atoms with Crippen molar-refractivity contribution < 1.29 is 74.7 Å². The molecule has 194 valence electrons. The van der Waals surface area contributed by atoms with Gasteiger partial charge in [-0.2, -0.15) is 0 Å². The molecule has 0 radical (unpaired) electrons. The summed E-state index contributed by atoms with van der Waals surface area (Å²) in [6.07, 6.45) is -24.1. The van der Waals surface area contributed by atoms with E-state index in [0.717, 1.165) is 0 Å². The van der Waals surface area contributed by atoms with E-state index in [9.17, 15) is 51.1 Å². The summed E-state index contributed by atoms with van der Waals surface area (Å²) in [5.74, 6) is 0. The van der Waals surface area contributed by atoms with Crippen LogP contribution in [0.4, 0.5) is 0 Å². The van der Waals surface area contributed by atoms with Crippen LogP contribution >= 0.6 is 0 Å². The Labute approximate surface area is 187 Å². The minimum absolute atomic E-state index is 0.747. The number of rotatable bonds is 6. The lowest BCUT2D eigenvalue weighted by atomic mass is 9.96. The summed E-state index contributed by atoms with van der Waals surface area (Å²) in [5.41, 5.74) is 0. The zero-order valence-electron chi connectivity index (χ0n) is 17.6. The maximum atomic E-state index is 10.6. The Bertz CT molecular complexity index is 624. The van der Waals surface area contributed by atoms with Crippen LogP contribution in [0.1, 0.15) is 6.92 Å². The molecule has 3 saturated heterocycles. The van der Waals surface area contributed by atoms with Crippen LogP contribution in [-0.2, 0) is 23.7 Å². The van der Waals surface area contributed by atoms with Crippen molar-refractivity contribution in [1.82, 2.24) is 0 Å². The molecule has 33 heavy (non-hydrogen) atoms. The van der Waals surface area contributed by atoms with Crippen LogP contribution in [0.3, 0.4) is 0 Å². The molecule has 15 atom stereocenters. The number of ether oxygens (including phenoxy) is 5. The zero-order valence-corrected chi connectivity index (χ0v) is 17.6. The quantitative estimate of drug-likeness (QED) is 0.167. The molecule has 3 aliphatic rings. The Morgan fingerprint density at radius 3 is 1.61 bits per heavy atom. The molecule has 0 amide bonds. The molecule has 0 bridgehead atoms. The Kier molecular flexibility index (Phi) is 8.99. The van der Waals surface area contributed by atoms with Gasteiger partial charge in [0, 0.05) is 0 Å². The van der Waals surface area contributed by atoms with E-state index in [2.05, 4.69) is 0 Å². The molecule has 10 N–H and O–H groups in total. The Balaban J connectivity index is 1.82. The van der Waals surface area contributed by atoms with Crippen molar-refractivity contribution in [2.45, 2.75) is 99.0 Å². The minimum Gasteiger partial charge on any atom is -0.394 e. The predicted molar refractivity (Wildman–Crippen MR) is 99.8 cm³/mol. The first-order valence-corrected chi connectivity index (χ1v) is 10.4. The molecule has 3 rings (SSSR count). The highest BCUT2D eigenvalue weighted by atomic mass is 16.8. The van der Waals surface area contributed by atoms with Crippen LogP contribution in [0.2, 0.25) is 0 Å². The second kappa shape index (κ2) is 11.0. The van der Waals surface area contributed by atoms with Crippen molar-refractivity contribution in [2.75, 3.05) is 13.2 Å². The molecule has 15 nitrogen and oxygen atoms in total. The maximum Gasteiger partial charge on any atom is 0.187 e. The molecule has 0 aromatic carbocycles. The van der Waals surface area contributed by atoms with Crippen molar-refractivity contribution in [3.05, 3.63) is 0 Å². The molecule has 0 aromatic rings. The van der Waals surface area contributed by atoms with Gasteiger partial charge in [0.05, 0.1) is 19.3 Å². The second-order valence-electron chi connectivity index (χ2n) is 8.32. The highest BCUT2D eigenvalue weighted by Gasteiger charge is 2.53. The first kappa shape index (κ1) is 27.0. The number of aliphatic hydroxyl groups is 10. The highest BCUT2D eigenvalue weighted by Crippen LogP contribution is 2.32. The molecular formula is C18H32O15. The molecule has 3 fully saturated rings. The SMILES string of the molecule is C[C@@H]1O[C@@H](O[C@H]2C(O)O[C@H](CO)[C@H](O)[C@@H]2O[C@H]2O[C@H](CO)[C@H](O)[C@H](O)[C@H]2O)[C@@H](O)[C@H](O)[C@@H]1O. The van der Waals surface area contributed by atoms with Crippen molar-refractivity contribution in [3.63, 3.8) is 0 Å². The molecule has 3 heterocycles. The Morgan fingerprint density at radius 1 is 0.545 bits per heavy atom. The van der Waals surface area contributed by atoms with Crippen molar-refractivity contribution in [2.24, 2.45) is 0 Å². The molecular weight excluding hydrogens is 456 g/mol. The van der Waals surface area contributed by atoms with Gasteiger partial charge < -0.3 is 74.7 Å². The van der Waals surface area contributed by atoms with E-state index in [1.54, 1.807) is 0 Å². The van der Waals surface area contributed by atoms with Crippen molar-refractivity contribution in [3.8, 4) is 0 Å². The van der Waals surface area contributed by atoms with Gasteiger partial charge in [-0.15, -0.1) is 0 Å². The molecule has 1 unspecified atom stereocenters. The third kappa shape index (κ3) is 5.32. The van der Waals surface area contributed by atoms with Crippen LogP contribution in [0, 0.1) is 0 Å². The standard InChI is InChI=1S/C18H32O15/c1-4-7(21)10(24)12(26)17(29-4)33-15-14(9(23)6(3-20)30-16(15)28)32-18-13(27)11(25)8(22)5(2-19)31-18/h4-28H,2-3H2,1H3/t4-,5+,6+,7+,8-,9-,10+,11-,12-,13+,14-,15+,16?,17-,18+/m0/s1. The summed E-state index contributed by atoms with van der Waals surface area (Å²) in [5, 5.41) is 100.0. The molecule has 0 spiro atoms. The first-order chi connectivity index (χ1) is 15.5. The zero-order chi connectivity index (χ0) is 24.6. The van der Waals surface area contributed by atoms with Crippen LogP contribution < -0.4 is 0 Å². The van der Waals surface area contributed by atoms with Crippen LogP contribution in [-0.4, -0.2) is 156 Å². The summed E-state index contributed by atoms with van der Waals surface area (Å²) in [7, 11) is 0. The van der Waals surface area contributed by atoms with Crippen LogP contribution in [0.25, 0.3) is 0 Å². The lowest BCUT2D eigenvalue weighted by Crippen LogP contribution is -2.66. The minimum atomic E-state index is -1.88.